The van der Waals surface area contributed by atoms with Crippen LogP contribution in [0.2, 0.25) is 0 Å². The van der Waals surface area contributed by atoms with E-state index in [1.54, 1.807) is 42.7 Å². The maximum absolute atomic E-state index is 11.4. The molecule has 0 saturated heterocycles. The molecule has 7 nitrogen and oxygen atoms in total. The second kappa shape index (κ2) is 6.27. The molecule has 118 valence electrons. The molecule has 1 aromatic carbocycles. The van der Waals surface area contributed by atoms with E-state index in [1.807, 2.05) is 0 Å². The van der Waals surface area contributed by atoms with Crippen molar-refractivity contribution >= 4 is 5.91 Å². The van der Waals surface area contributed by atoms with Crippen LogP contribution >= 0.6 is 0 Å². The van der Waals surface area contributed by atoms with Crippen LogP contribution < -0.4 is 15.2 Å². The van der Waals surface area contributed by atoms with Gasteiger partial charge in [0.25, 0.3) is 5.91 Å². The SMILES string of the molecule is COc1ccc(C(N)=O)c(OCc2cc(-c3ccco3)on2)c1. The Hall–Kier alpha value is -3.22. The zero-order valence-electron chi connectivity index (χ0n) is 12.3. The second-order valence-corrected chi connectivity index (χ2v) is 4.67. The zero-order valence-corrected chi connectivity index (χ0v) is 12.3. The lowest BCUT2D eigenvalue weighted by Crippen LogP contribution is -2.13. The van der Waals surface area contributed by atoms with E-state index in [1.165, 1.54) is 7.11 Å². The van der Waals surface area contributed by atoms with Gasteiger partial charge in [0.15, 0.2) is 5.76 Å². The first-order valence-corrected chi connectivity index (χ1v) is 6.77. The predicted molar refractivity (Wildman–Crippen MR) is 80.0 cm³/mol. The molecular formula is C16H14N2O5. The van der Waals surface area contributed by atoms with E-state index in [4.69, 9.17) is 24.1 Å². The first kappa shape index (κ1) is 14.7. The molecule has 2 aromatic heterocycles. The molecule has 0 atom stereocenters. The number of carbonyl (C=O) groups excluding carboxylic acids is 1. The van der Waals surface area contributed by atoms with Gasteiger partial charge in [0.2, 0.25) is 5.76 Å². The Labute approximate surface area is 131 Å². The monoisotopic (exact) mass is 314 g/mol. The molecule has 3 rings (SSSR count). The highest BCUT2D eigenvalue weighted by atomic mass is 16.5. The fourth-order valence-electron chi connectivity index (χ4n) is 2.02. The summed E-state index contributed by atoms with van der Waals surface area (Å²) in [6.45, 7) is 0.109. The van der Waals surface area contributed by atoms with Gasteiger partial charge in [-0.2, -0.15) is 0 Å². The lowest BCUT2D eigenvalue weighted by atomic mass is 10.2. The Balaban J connectivity index is 1.76. The van der Waals surface area contributed by atoms with Crippen molar-refractivity contribution < 1.29 is 23.2 Å². The van der Waals surface area contributed by atoms with Crippen LogP contribution in [-0.4, -0.2) is 18.2 Å². The minimum Gasteiger partial charge on any atom is -0.497 e. The Morgan fingerprint density at radius 2 is 2.13 bits per heavy atom. The van der Waals surface area contributed by atoms with Gasteiger partial charge in [-0.15, -0.1) is 0 Å². The van der Waals surface area contributed by atoms with Crippen molar-refractivity contribution in [1.82, 2.24) is 5.16 Å². The molecule has 0 aliphatic heterocycles. The highest BCUT2D eigenvalue weighted by Gasteiger charge is 2.13. The molecule has 0 radical (unpaired) electrons. The van der Waals surface area contributed by atoms with Gasteiger partial charge < -0.3 is 24.1 Å². The molecular weight excluding hydrogens is 300 g/mol. The molecule has 0 saturated carbocycles. The highest BCUT2D eigenvalue weighted by Crippen LogP contribution is 2.26. The summed E-state index contributed by atoms with van der Waals surface area (Å²) < 4.78 is 21.1. The molecule has 1 amide bonds. The Kier molecular flexibility index (Phi) is 4.01. The van der Waals surface area contributed by atoms with Gasteiger partial charge in [-0.1, -0.05) is 5.16 Å². The topological polar surface area (TPSA) is 101 Å². The van der Waals surface area contributed by atoms with Crippen LogP contribution in [0, 0.1) is 0 Å². The molecule has 2 N–H and O–H groups in total. The average molecular weight is 314 g/mol. The van der Waals surface area contributed by atoms with Gasteiger partial charge in [0.1, 0.15) is 23.8 Å². The number of nitrogens with zero attached hydrogens (tertiary/aromatic N) is 1. The number of hydrogen-bond acceptors (Lipinski definition) is 6. The van der Waals surface area contributed by atoms with Crippen LogP contribution in [-0.2, 0) is 6.61 Å². The van der Waals surface area contributed by atoms with Crippen molar-refractivity contribution in [2.75, 3.05) is 7.11 Å². The zero-order chi connectivity index (χ0) is 16.2. The van der Waals surface area contributed by atoms with Crippen LogP contribution in [0.25, 0.3) is 11.5 Å². The number of carbonyl (C=O) groups is 1. The Morgan fingerprint density at radius 1 is 1.26 bits per heavy atom. The summed E-state index contributed by atoms with van der Waals surface area (Å²) in [5, 5.41) is 3.90. The van der Waals surface area contributed by atoms with Crippen LogP contribution in [0.3, 0.4) is 0 Å². The number of ether oxygens (including phenoxy) is 2. The molecule has 0 fully saturated rings. The molecule has 23 heavy (non-hydrogen) atoms. The van der Waals surface area contributed by atoms with E-state index in [9.17, 15) is 4.79 Å². The van der Waals surface area contributed by atoms with E-state index in [0.29, 0.717) is 28.7 Å². The smallest absolute Gasteiger partial charge is 0.252 e. The van der Waals surface area contributed by atoms with Gasteiger partial charge in [0, 0.05) is 12.1 Å². The van der Waals surface area contributed by atoms with Crippen molar-refractivity contribution in [3.05, 3.63) is 53.9 Å². The summed E-state index contributed by atoms with van der Waals surface area (Å²) in [6, 6.07) is 9.99. The first-order valence-electron chi connectivity index (χ1n) is 6.77. The molecule has 0 unspecified atom stereocenters. The predicted octanol–water partition coefficient (Wildman–Crippen LogP) is 2.62. The number of hydrogen-bond donors (Lipinski definition) is 1. The summed E-state index contributed by atoms with van der Waals surface area (Å²) in [5.74, 6) is 1.36. The number of furan rings is 1. The quantitative estimate of drug-likeness (QED) is 0.750. The van der Waals surface area contributed by atoms with Crippen molar-refractivity contribution in [3.63, 3.8) is 0 Å². The Bertz CT molecular complexity index is 808. The van der Waals surface area contributed by atoms with Crippen LogP contribution in [0.15, 0.2) is 51.6 Å². The fourth-order valence-corrected chi connectivity index (χ4v) is 2.02. The van der Waals surface area contributed by atoms with Crippen molar-refractivity contribution in [1.29, 1.82) is 0 Å². The second-order valence-electron chi connectivity index (χ2n) is 4.67. The van der Waals surface area contributed by atoms with Crippen LogP contribution in [0.5, 0.6) is 11.5 Å². The first-order chi connectivity index (χ1) is 11.2. The van der Waals surface area contributed by atoms with Crippen molar-refractivity contribution in [2.24, 2.45) is 5.73 Å². The summed E-state index contributed by atoms with van der Waals surface area (Å²) in [5.41, 5.74) is 6.15. The summed E-state index contributed by atoms with van der Waals surface area (Å²) in [7, 11) is 1.52. The molecule has 0 aliphatic rings. The largest absolute Gasteiger partial charge is 0.497 e. The van der Waals surface area contributed by atoms with E-state index >= 15 is 0 Å². The fraction of sp³-hybridized carbons (Fsp3) is 0.125. The lowest BCUT2D eigenvalue weighted by molar-refractivity contribution is 0.0995. The molecule has 7 heteroatoms. The minimum atomic E-state index is -0.584. The normalized spacial score (nSPS) is 10.5. The summed E-state index contributed by atoms with van der Waals surface area (Å²) in [4.78, 5) is 11.4. The van der Waals surface area contributed by atoms with Crippen molar-refractivity contribution in [2.45, 2.75) is 6.61 Å². The standard InChI is InChI=1S/C16H14N2O5/c1-20-11-4-5-12(16(17)19)14(8-11)22-9-10-7-15(23-18-10)13-3-2-6-21-13/h2-8H,9H2,1H3,(H2,17,19). The van der Waals surface area contributed by atoms with Gasteiger partial charge in [-0.3, -0.25) is 4.79 Å². The minimum absolute atomic E-state index is 0.109. The number of nitrogens with two attached hydrogens (primary N) is 1. The highest BCUT2D eigenvalue weighted by molar-refractivity contribution is 5.95. The average Bonchev–Trinajstić information content (AvgIpc) is 3.23. The molecule has 3 aromatic rings. The lowest BCUT2D eigenvalue weighted by Gasteiger charge is -2.09. The Morgan fingerprint density at radius 3 is 2.83 bits per heavy atom. The third-order valence-electron chi connectivity index (χ3n) is 3.15. The third kappa shape index (κ3) is 3.18. The van der Waals surface area contributed by atoms with Gasteiger partial charge in [0.05, 0.1) is 18.9 Å². The maximum Gasteiger partial charge on any atom is 0.252 e. The van der Waals surface area contributed by atoms with E-state index < -0.39 is 5.91 Å². The van der Waals surface area contributed by atoms with Gasteiger partial charge in [-0.25, -0.2) is 0 Å². The van der Waals surface area contributed by atoms with Crippen LogP contribution in [0.1, 0.15) is 16.1 Å². The van der Waals surface area contributed by atoms with Crippen molar-refractivity contribution in [3.8, 4) is 23.0 Å². The van der Waals surface area contributed by atoms with Crippen LogP contribution in [0.4, 0.5) is 0 Å². The summed E-state index contributed by atoms with van der Waals surface area (Å²) >= 11 is 0. The molecule has 0 aliphatic carbocycles. The van der Waals surface area contributed by atoms with Gasteiger partial charge >= 0.3 is 0 Å². The number of benzene rings is 1. The number of rotatable bonds is 6. The molecule has 2 heterocycles. The number of amides is 1. The van der Waals surface area contributed by atoms with E-state index in [-0.39, 0.29) is 12.2 Å². The van der Waals surface area contributed by atoms with E-state index in [2.05, 4.69) is 5.16 Å². The maximum atomic E-state index is 11.4. The van der Waals surface area contributed by atoms with Gasteiger partial charge in [-0.05, 0) is 24.3 Å². The molecule has 0 bridgehead atoms. The number of primary amides is 1. The third-order valence-corrected chi connectivity index (χ3v) is 3.15. The number of methoxy groups -OCH3 is 1. The summed E-state index contributed by atoms with van der Waals surface area (Å²) in [6.07, 6.45) is 1.55. The number of aromatic nitrogens is 1. The molecule has 0 spiro atoms. The van der Waals surface area contributed by atoms with E-state index in [0.717, 1.165) is 0 Å².